The Bertz CT molecular complexity index is 1120. The molecule has 0 saturated carbocycles. The van der Waals surface area contributed by atoms with Crippen molar-refractivity contribution in [1.29, 1.82) is 0 Å². The lowest BCUT2D eigenvalue weighted by Crippen LogP contribution is -2.49. The number of carbonyl (C=O) groups is 3. The van der Waals surface area contributed by atoms with Gasteiger partial charge in [0.2, 0.25) is 5.91 Å². The molecule has 1 N–H and O–H groups in total. The quantitative estimate of drug-likeness (QED) is 0.671. The van der Waals surface area contributed by atoms with Crippen molar-refractivity contribution in [2.45, 2.75) is 70.8 Å². The first-order valence-corrected chi connectivity index (χ1v) is 13.1. The van der Waals surface area contributed by atoms with Gasteiger partial charge >= 0.3 is 0 Å². The van der Waals surface area contributed by atoms with E-state index in [0.29, 0.717) is 42.8 Å². The van der Waals surface area contributed by atoms with Crippen LogP contribution >= 0.6 is 0 Å². The standard InChI is InChI=1S/C28H35N3O4/c1-19-26-23(10-5-11-24(26)32)29-27(19)28(34)30-14-6-16-35-22-9-4-7-20(17-22)12-13-21-8-2-3-15-31(21)25(33)18-30/h4,7,9,17,21,29H,2-3,5-6,8,10-16,18H2,1H3. The molecule has 0 spiro atoms. The number of nitrogens with zero attached hydrogens (tertiary/aromatic N) is 2. The second kappa shape index (κ2) is 10.3. The first-order valence-electron chi connectivity index (χ1n) is 13.1. The molecule has 1 atom stereocenters. The van der Waals surface area contributed by atoms with Crippen molar-refractivity contribution >= 4 is 17.6 Å². The van der Waals surface area contributed by atoms with Gasteiger partial charge in [-0.15, -0.1) is 0 Å². The lowest BCUT2D eigenvalue weighted by molar-refractivity contribution is -0.135. The van der Waals surface area contributed by atoms with Gasteiger partial charge < -0.3 is 19.5 Å². The number of nitrogens with one attached hydrogen (secondary N) is 1. The lowest BCUT2D eigenvalue weighted by atomic mass is 9.93. The molecule has 5 rings (SSSR count). The monoisotopic (exact) mass is 477 g/mol. The van der Waals surface area contributed by atoms with E-state index in [9.17, 15) is 14.4 Å². The van der Waals surface area contributed by atoms with Crippen LogP contribution in [0.5, 0.6) is 5.75 Å². The normalized spacial score (nSPS) is 21.6. The number of hydrogen-bond donors (Lipinski definition) is 1. The minimum atomic E-state index is -0.208. The molecule has 2 bridgehead atoms. The molecule has 1 saturated heterocycles. The summed E-state index contributed by atoms with van der Waals surface area (Å²) in [6.07, 6.45) is 7.66. The number of piperidine rings is 1. The van der Waals surface area contributed by atoms with E-state index in [1.54, 1.807) is 4.90 Å². The molecule has 0 radical (unpaired) electrons. The fraction of sp³-hybridized carbons (Fsp3) is 0.536. The van der Waals surface area contributed by atoms with Crippen LogP contribution in [0.15, 0.2) is 24.3 Å². The van der Waals surface area contributed by atoms with Gasteiger partial charge in [-0.3, -0.25) is 14.4 Å². The van der Waals surface area contributed by atoms with E-state index >= 15 is 0 Å². The number of aromatic amines is 1. The average Bonchev–Trinajstić information content (AvgIpc) is 3.21. The van der Waals surface area contributed by atoms with Crippen molar-refractivity contribution in [2.75, 3.05) is 26.2 Å². The minimum Gasteiger partial charge on any atom is -0.494 e. The van der Waals surface area contributed by atoms with Crippen molar-refractivity contribution < 1.29 is 19.1 Å². The molecule has 3 heterocycles. The Labute approximate surface area is 206 Å². The Balaban J connectivity index is 1.41. The topological polar surface area (TPSA) is 82.7 Å². The summed E-state index contributed by atoms with van der Waals surface area (Å²) < 4.78 is 5.98. The van der Waals surface area contributed by atoms with Crippen molar-refractivity contribution in [3.8, 4) is 5.75 Å². The maximum Gasteiger partial charge on any atom is 0.271 e. The summed E-state index contributed by atoms with van der Waals surface area (Å²) in [6.45, 7) is 3.53. The SMILES string of the molecule is Cc1c(C(=O)N2CCCOc3cccc(c3)CCC3CCCCN3C(=O)C2)[nH]c2c1C(=O)CCC2. The van der Waals surface area contributed by atoms with E-state index in [-0.39, 0.29) is 30.2 Å². The number of Topliss-reactive ketones (excluding diaryl/α,β-unsaturated/α-hetero) is 1. The molecule has 2 amide bonds. The summed E-state index contributed by atoms with van der Waals surface area (Å²) in [4.78, 5) is 46.6. The summed E-state index contributed by atoms with van der Waals surface area (Å²) in [7, 11) is 0. The fourth-order valence-electron chi connectivity index (χ4n) is 5.85. The first kappa shape index (κ1) is 23.6. The van der Waals surface area contributed by atoms with Crippen LogP contribution in [-0.4, -0.2) is 64.7 Å². The van der Waals surface area contributed by atoms with Crippen LogP contribution in [0.1, 0.15) is 82.6 Å². The van der Waals surface area contributed by atoms with Crippen LogP contribution in [0.4, 0.5) is 0 Å². The van der Waals surface area contributed by atoms with Crippen LogP contribution < -0.4 is 4.74 Å². The Hall–Kier alpha value is -3.09. The number of amides is 2. The maximum absolute atomic E-state index is 13.7. The lowest BCUT2D eigenvalue weighted by Gasteiger charge is -2.37. The molecule has 7 heteroatoms. The molecular weight excluding hydrogens is 442 g/mol. The number of ketones is 1. The van der Waals surface area contributed by atoms with E-state index in [0.717, 1.165) is 62.9 Å². The molecule has 35 heavy (non-hydrogen) atoms. The molecule has 186 valence electrons. The highest BCUT2D eigenvalue weighted by atomic mass is 16.5. The number of H-pyrrole nitrogens is 1. The van der Waals surface area contributed by atoms with Gasteiger partial charge in [0, 0.05) is 36.8 Å². The number of fused-ring (bicyclic) bond motifs is 4. The molecule has 1 unspecified atom stereocenters. The van der Waals surface area contributed by atoms with Crippen molar-refractivity contribution in [2.24, 2.45) is 0 Å². The van der Waals surface area contributed by atoms with Crippen LogP contribution in [0.2, 0.25) is 0 Å². The van der Waals surface area contributed by atoms with E-state index in [4.69, 9.17) is 4.74 Å². The predicted molar refractivity (Wildman–Crippen MR) is 133 cm³/mol. The molecule has 1 aromatic carbocycles. The van der Waals surface area contributed by atoms with Gasteiger partial charge in [0.05, 0.1) is 6.61 Å². The van der Waals surface area contributed by atoms with Crippen molar-refractivity contribution in [3.05, 3.63) is 52.3 Å². The summed E-state index contributed by atoms with van der Waals surface area (Å²) >= 11 is 0. The largest absolute Gasteiger partial charge is 0.494 e. The van der Waals surface area contributed by atoms with E-state index < -0.39 is 0 Å². The summed E-state index contributed by atoms with van der Waals surface area (Å²) in [5.41, 5.74) is 3.92. The molecule has 1 aromatic heterocycles. The number of rotatable bonds is 1. The highest BCUT2D eigenvalue weighted by Crippen LogP contribution is 2.28. The summed E-state index contributed by atoms with van der Waals surface area (Å²) in [5, 5.41) is 0. The third-order valence-electron chi connectivity index (χ3n) is 7.72. The molecule has 2 aromatic rings. The van der Waals surface area contributed by atoms with E-state index in [1.807, 2.05) is 24.0 Å². The molecule has 1 fully saturated rings. The van der Waals surface area contributed by atoms with Crippen molar-refractivity contribution in [1.82, 2.24) is 14.8 Å². The van der Waals surface area contributed by atoms with Gasteiger partial charge in [0.25, 0.3) is 5.91 Å². The Morgan fingerprint density at radius 3 is 2.77 bits per heavy atom. The first-order chi connectivity index (χ1) is 17.0. The zero-order valence-corrected chi connectivity index (χ0v) is 20.6. The second-order valence-corrected chi connectivity index (χ2v) is 10.1. The van der Waals surface area contributed by atoms with Crippen molar-refractivity contribution in [3.63, 3.8) is 0 Å². The smallest absolute Gasteiger partial charge is 0.271 e. The zero-order chi connectivity index (χ0) is 24.4. The van der Waals surface area contributed by atoms with Gasteiger partial charge in [-0.25, -0.2) is 0 Å². The van der Waals surface area contributed by atoms with Crippen LogP contribution in [0, 0.1) is 6.92 Å². The molecule has 2 aliphatic heterocycles. The van der Waals surface area contributed by atoms with E-state index in [1.165, 1.54) is 5.56 Å². The van der Waals surface area contributed by atoms with Gasteiger partial charge in [-0.05, 0) is 81.5 Å². The Kier molecular flexibility index (Phi) is 6.93. The van der Waals surface area contributed by atoms with Crippen LogP contribution in [-0.2, 0) is 17.6 Å². The Morgan fingerprint density at radius 2 is 1.91 bits per heavy atom. The number of aromatic nitrogens is 1. The second-order valence-electron chi connectivity index (χ2n) is 10.1. The molecule has 3 aliphatic rings. The molecule has 1 aliphatic carbocycles. The molecule has 7 nitrogen and oxygen atoms in total. The number of aryl methyl sites for hydroxylation is 2. The van der Waals surface area contributed by atoms with Crippen LogP contribution in [0.25, 0.3) is 0 Å². The summed E-state index contributed by atoms with van der Waals surface area (Å²) in [5.74, 6) is 0.754. The zero-order valence-electron chi connectivity index (χ0n) is 20.6. The fourth-order valence-corrected chi connectivity index (χ4v) is 5.85. The summed E-state index contributed by atoms with van der Waals surface area (Å²) in [6, 6.07) is 8.40. The maximum atomic E-state index is 13.7. The number of hydrogen-bond acceptors (Lipinski definition) is 4. The third-order valence-corrected chi connectivity index (χ3v) is 7.72. The van der Waals surface area contributed by atoms with Gasteiger partial charge in [0.1, 0.15) is 18.0 Å². The predicted octanol–water partition coefficient (Wildman–Crippen LogP) is 4.08. The number of benzene rings is 1. The number of carbonyl (C=O) groups excluding carboxylic acids is 3. The highest BCUT2D eigenvalue weighted by molar-refractivity contribution is 6.04. The third kappa shape index (κ3) is 5.00. The van der Waals surface area contributed by atoms with Crippen LogP contribution in [0.3, 0.4) is 0 Å². The van der Waals surface area contributed by atoms with E-state index in [2.05, 4.69) is 17.1 Å². The average molecular weight is 478 g/mol. The number of ether oxygens (including phenoxy) is 1. The van der Waals surface area contributed by atoms with Gasteiger partial charge in [-0.1, -0.05) is 12.1 Å². The Morgan fingerprint density at radius 1 is 1.03 bits per heavy atom. The minimum absolute atomic E-state index is 0.0137. The van der Waals surface area contributed by atoms with Gasteiger partial charge in [-0.2, -0.15) is 0 Å². The highest BCUT2D eigenvalue weighted by Gasteiger charge is 2.32. The molecular formula is C28H35N3O4. The van der Waals surface area contributed by atoms with Gasteiger partial charge in [0.15, 0.2) is 5.78 Å².